The SMILES string of the molecule is C[C@H]1[C@@H](c2ccc(F)cc2)OC(=O)N1C. The molecule has 0 spiro atoms. The van der Waals surface area contributed by atoms with Crippen LogP contribution in [0.4, 0.5) is 9.18 Å². The molecule has 1 aromatic rings. The monoisotopic (exact) mass is 209 g/mol. The maximum absolute atomic E-state index is 12.7. The zero-order chi connectivity index (χ0) is 11.0. The van der Waals surface area contributed by atoms with Crippen molar-refractivity contribution in [1.82, 2.24) is 4.90 Å². The molecule has 15 heavy (non-hydrogen) atoms. The molecule has 0 aromatic heterocycles. The number of carbonyl (C=O) groups excluding carboxylic acids is 1. The summed E-state index contributed by atoms with van der Waals surface area (Å²) in [6.07, 6.45) is -0.639. The van der Waals surface area contributed by atoms with Gasteiger partial charge in [0, 0.05) is 7.05 Å². The number of carbonyl (C=O) groups is 1. The second kappa shape index (κ2) is 3.53. The van der Waals surface area contributed by atoms with E-state index >= 15 is 0 Å². The van der Waals surface area contributed by atoms with Crippen LogP contribution in [0.2, 0.25) is 0 Å². The second-order valence-corrected chi connectivity index (χ2v) is 3.71. The molecule has 1 aliphatic heterocycles. The van der Waals surface area contributed by atoms with Crippen LogP contribution in [0.25, 0.3) is 0 Å². The molecule has 0 bridgehead atoms. The average Bonchev–Trinajstić information content (AvgIpc) is 2.47. The van der Waals surface area contributed by atoms with Gasteiger partial charge in [0.1, 0.15) is 11.9 Å². The highest BCUT2D eigenvalue weighted by Gasteiger charge is 2.36. The Morgan fingerprint density at radius 1 is 1.33 bits per heavy atom. The van der Waals surface area contributed by atoms with E-state index in [4.69, 9.17) is 4.74 Å². The quantitative estimate of drug-likeness (QED) is 0.710. The standard InChI is InChI=1S/C11H12FNO2/c1-7-10(15-11(14)13(7)2)8-3-5-9(12)6-4-8/h3-7,10H,1-2H3/t7-,10-/m0/s1. The lowest BCUT2D eigenvalue weighted by atomic mass is 10.0. The number of hydrogen-bond donors (Lipinski definition) is 0. The Morgan fingerprint density at radius 2 is 1.93 bits per heavy atom. The van der Waals surface area contributed by atoms with Crippen molar-refractivity contribution >= 4 is 6.09 Å². The van der Waals surface area contributed by atoms with Crippen molar-refractivity contribution in [1.29, 1.82) is 0 Å². The topological polar surface area (TPSA) is 29.5 Å². The first-order chi connectivity index (χ1) is 7.09. The maximum Gasteiger partial charge on any atom is 0.410 e. The van der Waals surface area contributed by atoms with E-state index in [1.165, 1.54) is 17.0 Å². The number of amides is 1. The lowest BCUT2D eigenvalue weighted by molar-refractivity contribution is 0.131. The zero-order valence-corrected chi connectivity index (χ0v) is 8.61. The van der Waals surface area contributed by atoms with Crippen LogP contribution in [0, 0.1) is 5.82 Å². The molecule has 2 rings (SSSR count). The van der Waals surface area contributed by atoms with Crippen molar-refractivity contribution in [3.63, 3.8) is 0 Å². The van der Waals surface area contributed by atoms with Gasteiger partial charge in [-0.2, -0.15) is 0 Å². The second-order valence-electron chi connectivity index (χ2n) is 3.71. The Balaban J connectivity index is 2.25. The number of ether oxygens (including phenoxy) is 1. The van der Waals surface area contributed by atoms with Crippen molar-refractivity contribution in [2.24, 2.45) is 0 Å². The van der Waals surface area contributed by atoms with Gasteiger partial charge < -0.3 is 9.64 Å². The van der Waals surface area contributed by atoms with Crippen molar-refractivity contribution in [2.75, 3.05) is 7.05 Å². The number of rotatable bonds is 1. The first-order valence-electron chi connectivity index (χ1n) is 4.78. The molecule has 1 aliphatic rings. The smallest absolute Gasteiger partial charge is 0.410 e. The van der Waals surface area contributed by atoms with Crippen LogP contribution in [0.5, 0.6) is 0 Å². The first-order valence-corrected chi connectivity index (χ1v) is 4.78. The van der Waals surface area contributed by atoms with Crippen molar-refractivity contribution in [2.45, 2.75) is 19.1 Å². The maximum atomic E-state index is 12.7. The van der Waals surface area contributed by atoms with E-state index in [-0.39, 0.29) is 24.1 Å². The van der Waals surface area contributed by atoms with Crippen LogP contribution in [-0.2, 0) is 4.74 Å². The minimum absolute atomic E-state index is 0.0250. The normalized spacial score (nSPS) is 25.5. The summed E-state index contributed by atoms with van der Waals surface area (Å²) in [6, 6.07) is 6.00. The van der Waals surface area contributed by atoms with Gasteiger partial charge in [0.2, 0.25) is 0 Å². The Kier molecular flexibility index (Phi) is 2.34. The summed E-state index contributed by atoms with van der Waals surface area (Å²) in [7, 11) is 1.69. The van der Waals surface area contributed by atoms with Crippen LogP contribution in [0.15, 0.2) is 24.3 Å². The largest absolute Gasteiger partial charge is 0.439 e. The summed E-state index contributed by atoms with van der Waals surface area (Å²) in [5, 5.41) is 0. The van der Waals surface area contributed by atoms with Crippen molar-refractivity contribution in [3.8, 4) is 0 Å². The Morgan fingerprint density at radius 3 is 2.40 bits per heavy atom. The number of halogens is 1. The Labute approximate surface area is 87.5 Å². The van der Waals surface area contributed by atoms with Gasteiger partial charge in [-0.3, -0.25) is 0 Å². The lowest BCUT2D eigenvalue weighted by Crippen LogP contribution is -2.27. The van der Waals surface area contributed by atoms with Crippen LogP contribution >= 0.6 is 0 Å². The predicted octanol–water partition coefficient (Wildman–Crippen LogP) is 2.34. The lowest BCUT2D eigenvalue weighted by Gasteiger charge is -2.16. The van der Waals surface area contributed by atoms with Gasteiger partial charge in [-0.05, 0) is 24.6 Å². The van der Waals surface area contributed by atoms with E-state index in [2.05, 4.69) is 0 Å². The molecule has 3 nitrogen and oxygen atoms in total. The van der Waals surface area contributed by atoms with Gasteiger partial charge >= 0.3 is 6.09 Å². The van der Waals surface area contributed by atoms with E-state index in [1.54, 1.807) is 19.2 Å². The summed E-state index contributed by atoms with van der Waals surface area (Å²) in [4.78, 5) is 12.8. The Hall–Kier alpha value is -1.58. The average molecular weight is 209 g/mol. The fourth-order valence-corrected chi connectivity index (χ4v) is 1.66. The molecular weight excluding hydrogens is 197 g/mol. The van der Waals surface area contributed by atoms with Crippen molar-refractivity contribution < 1.29 is 13.9 Å². The zero-order valence-electron chi connectivity index (χ0n) is 8.61. The minimum Gasteiger partial charge on any atom is -0.439 e. The van der Waals surface area contributed by atoms with Crippen LogP contribution < -0.4 is 0 Å². The molecule has 0 unspecified atom stereocenters. The van der Waals surface area contributed by atoms with E-state index in [0.717, 1.165) is 5.56 Å². The summed E-state index contributed by atoms with van der Waals surface area (Å²) in [5.41, 5.74) is 0.821. The van der Waals surface area contributed by atoms with Crippen molar-refractivity contribution in [3.05, 3.63) is 35.6 Å². The van der Waals surface area contributed by atoms with E-state index < -0.39 is 0 Å². The van der Waals surface area contributed by atoms with Gasteiger partial charge in [-0.15, -0.1) is 0 Å². The van der Waals surface area contributed by atoms with E-state index in [0.29, 0.717) is 0 Å². The third kappa shape index (κ3) is 1.67. The molecule has 0 radical (unpaired) electrons. The third-order valence-corrected chi connectivity index (χ3v) is 2.76. The van der Waals surface area contributed by atoms with Crippen LogP contribution in [0.3, 0.4) is 0 Å². The van der Waals surface area contributed by atoms with Gasteiger partial charge in [-0.25, -0.2) is 9.18 Å². The molecule has 0 aliphatic carbocycles. The summed E-state index contributed by atoms with van der Waals surface area (Å²) in [5.74, 6) is -0.288. The fourth-order valence-electron chi connectivity index (χ4n) is 1.66. The molecule has 0 saturated carbocycles. The van der Waals surface area contributed by atoms with Crippen LogP contribution in [-0.4, -0.2) is 24.1 Å². The van der Waals surface area contributed by atoms with Gasteiger partial charge in [0.15, 0.2) is 0 Å². The summed E-state index contributed by atoms with van der Waals surface area (Å²) >= 11 is 0. The molecule has 1 fully saturated rings. The fraction of sp³-hybridized carbons (Fsp3) is 0.364. The summed E-state index contributed by atoms with van der Waals surface area (Å²) in [6.45, 7) is 1.90. The van der Waals surface area contributed by atoms with Crippen LogP contribution in [0.1, 0.15) is 18.6 Å². The van der Waals surface area contributed by atoms with Gasteiger partial charge in [-0.1, -0.05) is 12.1 Å². The predicted molar refractivity (Wildman–Crippen MR) is 52.8 cm³/mol. The molecule has 1 aromatic carbocycles. The minimum atomic E-state index is -0.336. The molecule has 1 saturated heterocycles. The molecule has 1 heterocycles. The molecule has 80 valence electrons. The van der Waals surface area contributed by atoms with Gasteiger partial charge in [0.25, 0.3) is 0 Å². The van der Waals surface area contributed by atoms with Gasteiger partial charge in [0.05, 0.1) is 6.04 Å². The number of hydrogen-bond acceptors (Lipinski definition) is 2. The molecule has 0 N–H and O–H groups in total. The number of benzene rings is 1. The van der Waals surface area contributed by atoms with E-state index in [1.807, 2.05) is 6.92 Å². The highest BCUT2D eigenvalue weighted by Crippen LogP contribution is 2.30. The highest BCUT2D eigenvalue weighted by atomic mass is 19.1. The molecule has 4 heteroatoms. The molecular formula is C11H12FNO2. The highest BCUT2D eigenvalue weighted by molar-refractivity contribution is 5.70. The number of nitrogens with zero attached hydrogens (tertiary/aromatic N) is 1. The first kappa shape index (κ1) is 9.96. The number of likely N-dealkylation sites (N-methyl/N-ethyl adjacent to an activating group) is 1. The Bertz CT molecular complexity index is 377. The van der Waals surface area contributed by atoms with E-state index in [9.17, 15) is 9.18 Å². The summed E-state index contributed by atoms with van der Waals surface area (Å²) < 4.78 is 17.9. The number of cyclic esters (lactones) is 1. The molecule has 1 amide bonds. The third-order valence-electron chi connectivity index (χ3n) is 2.76. The molecule has 2 atom stereocenters.